The van der Waals surface area contributed by atoms with Gasteiger partial charge in [-0.15, -0.1) is 0 Å². The highest BCUT2D eigenvalue weighted by molar-refractivity contribution is 5.79. The second kappa shape index (κ2) is 7.07. The molecule has 5 heteroatoms. The lowest BCUT2D eigenvalue weighted by atomic mass is 10.1. The Morgan fingerprint density at radius 2 is 2.25 bits per heavy atom. The molecule has 1 aromatic carbocycles. The second-order valence-corrected chi connectivity index (χ2v) is 6.58. The van der Waals surface area contributed by atoms with Crippen LogP contribution in [0.5, 0.6) is 5.75 Å². The number of ether oxygens (including phenoxy) is 1. The van der Waals surface area contributed by atoms with E-state index in [9.17, 15) is 4.79 Å². The van der Waals surface area contributed by atoms with Crippen molar-refractivity contribution < 1.29 is 14.1 Å². The van der Waals surface area contributed by atoms with Gasteiger partial charge < -0.3 is 14.2 Å². The summed E-state index contributed by atoms with van der Waals surface area (Å²) in [6, 6.07) is 9.66. The van der Waals surface area contributed by atoms with Crippen LogP contribution in [0.4, 0.5) is 0 Å². The van der Waals surface area contributed by atoms with Gasteiger partial charge in [0.15, 0.2) is 5.76 Å². The van der Waals surface area contributed by atoms with Gasteiger partial charge in [-0.25, -0.2) is 0 Å². The Kier molecular flexibility index (Phi) is 4.88. The van der Waals surface area contributed by atoms with Gasteiger partial charge in [0.05, 0.1) is 25.3 Å². The zero-order chi connectivity index (χ0) is 17.1. The fourth-order valence-electron chi connectivity index (χ4n) is 3.15. The van der Waals surface area contributed by atoms with E-state index in [4.69, 9.17) is 9.26 Å². The number of hydrogen-bond donors (Lipinski definition) is 0. The average molecular weight is 328 g/mol. The van der Waals surface area contributed by atoms with E-state index in [-0.39, 0.29) is 11.9 Å². The predicted molar refractivity (Wildman–Crippen MR) is 91.0 cm³/mol. The van der Waals surface area contributed by atoms with Crippen molar-refractivity contribution in [2.45, 2.75) is 45.1 Å². The molecule has 24 heavy (non-hydrogen) atoms. The Hall–Kier alpha value is -2.30. The molecule has 128 valence electrons. The first-order chi connectivity index (χ1) is 11.6. The van der Waals surface area contributed by atoms with E-state index < -0.39 is 0 Å². The third kappa shape index (κ3) is 3.45. The first kappa shape index (κ1) is 16.6. The molecule has 1 amide bonds. The van der Waals surface area contributed by atoms with E-state index in [0.29, 0.717) is 12.3 Å². The Bertz CT molecular complexity index is 708. The molecule has 0 saturated carbocycles. The zero-order valence-corrected chi connectivity index (χ0v) is 14.5. The molecule has 0 N–H and O–H groups in total. The molecular formula is C19H24N2O3. The molecule has 0 spiro atoms. The van der Waals surface area contributed by atoms with Crippen molar-refractivity contribution in [2.75, 3.05) is 13.7 Å². The highest BCUT2D eigenvalue weighted by Crippen LogP contribution is 2.33. The molecule has 5 nitrogen and oxygen atoms in total. The van der Waals surface area contributed by atoms with Crippen molar-refractivity contribution in [2.24, 2.45) is 0 Å². The molecule has 2 aromatic rings. The zero-order valence-electron chi connectivity index (χ0n) is 14.5. The molecule has 1 atom stereocenters. The number of benzene rings is 1. The number of aromatic nitrogens is 1. The SMILES string of the molecule is COc1cccc(CC(=O)N2CCCC2c2cc(C(C)C)no2)c1. The van der Waals surface area contributed by atoms with Crippen LogP contribution < -0.4 is 4.74 Å². The largest absolute Gasteiger partial charge is 0.497 e. The van der Waals surface area contributed by atoms with E-state index in [1.54, 1.807) is 7.11 Å². The third-order valence-electron chi connectivity index (χ3n) is 4.53. The maximum absolute atomic E-state index is 12.8. The highest BCUT2D eigenvalue weighted by atomic mass is 16.5. The highest BCUT2D eigenvalue weighted by Gasteiger charge is 2.32. The molecular weight excluding hydrogens is 304 g/mol. The number of carbonyl (C=O) groups excluding carboxylic acids is 1. The maximum Gasteiger partial charge on any atom is 0.227 e. The van der Waals surface area contributed by atoms with E-state index in [0.717, 1.165) is 42.2 Å². The fourth-order valence-corrected chi connectivity index (χ4v) is 3.15. The number of hydrogen-bond acceptors (Lipinski definition) is 4. The number of carbonyl (C=O) groups is 1. The molecule has 1 fully saturated rings. The maximum atomic E-state index is 12.8. The summed E-state index contributed by atoms with van der Waals surface area (Å²) in [5.41, 5.74) is 1.91. The second-order valence-electron chi connectivity index (χ2n) is 6.58. The monoisotopic (exact) mass is 328 g/mol. The lowest BCUT2D eigenvalue weighted by Crippen LogP contribution is -2.31. The van der Waals surface area contributed by atoms with Crippen LogP contribution in [0, 0.1) is 0 Å². The Morgan fingerprint density at radius 1 is 1.42 bits per heavy atom. The number of methoxy groups -OCH3 is 1. The van der Waals surface area contributed by atoms with Gasteiger partial charge in [-0.3, -0.25) is 4.79 Å². The predicted octanol–water partition coefficient (Wildman–Crippen LogP) is 3.71. The van der Waals surface area contributed by atoms with E-state index >= 15 is 0 Å². The van der Waals surface area contributed by atoms with Gasteiger partial charge in [-0.1, -0.05) is 31.1 Å². The summed E-state index contributed by atoms with van der Waals surface area (Å²) in [6.07, 6.45) is 2.29. The van der Waals surface area contributed by atoms with Gasteiger partial charge in [-0.2, -0.15) is 0 Å². The Morgan fingerprint density at radius 3 is 2.96 bits per heavy atom. The van der Waals surface area contributed by atoms with Gasteiger partial charge in [0.25, 0.3) is 0 Å². The van der Waals surface area contributed by atoms with Gasteiger partial charge in [0, 0.05) is 12.6 Å². The average Bonchev–Trinajstić information content (AvgIpc) is 3.23. The van der Waals surface area contributed by atoms with Crippen molar-refractivity contribution >= 4 is 5.91 Å². The first-order valence-corrected chi connectivity index (χ1v) is 8.47. The summed E-state index contributed by atoms with van der Waals surface area (Å²) in [5.74, 6) is 2.02. The minimum atomic E-state index is 0.00288. The molecule has 1 aliphatic heterocycles. The van der Waals surface area contributed by atoms with Crippen molar-refractivity contribution in [1.29, 1.82) is 0 Å². The molecule has 1 aromatic heterocycles. The molecule has 0 radical (unpaired) electrons. The van der Waals surface area contributed by atoms with Gasteiger partial charge in [0.1, 0.15) is 5.75 Å². The van der Waals surface area contributed by atoms with Crippen molar-refractivity contribution in [3.63, 3.8) is 0 Å². The van der Waals surface area contributed by atoms with Gasteiger partial charge in [-0.05, 0) is 36.5 Å². The Balaban J connectivity index is 1.73. The van der Waals surface area contributed by atoms with Crippen LogP contribution in [-0.2, 0) is 11.2 Å². The number of amides is 1. The van der Waals surface area contributed by atoms with Crippen molar-refractivity contribution in [1.82, 2.24) is 10.1 Å². The van der Waals surface area contributed by atoms with Crippen LogP contribution >= 0.6 is 0 Å². The minimum Gasteiger partial charge on any atom is -0.497 e. The molecule has 1 saturated heterocycles. The van der Waals surface area contributed by atoms with Crippen molar-refractivity contribution in [3.05, 3.63) is 47.3 Å². The van der Waals surface area contributed by atoms with Gasteiger partial charge in [0.2, 0.25) is 5.91 Å². The first-order valence-electron chi connectivity index (χ1n) is 8.47. The smallest absolute Gasteiger partial charge is 0.227 e. The summed E-state index contributed by atoms with van der Waals surface area (Å²) in [4.78, 5) is 14.7. The quantitative estimate of drug-likeness (QED) is 0.839. The van der Waals surface area contributed by atoms with E-state index in [1.165, 1.54) is 0 Å². The van der Waals surface area contributed by atoms with Gasteiger partial charge >= 0.3 is 0 Å². The van der Waals surface area contributed by atoms with Crippen LogP contribution in [0.25, 0.3) is 0 Å². The Labute approximate surface area is 142 Å². The minimum absolute atomic E-state index is 0.00288. The summed E-state index contributed by atoms with van der Waals surface area (Å²) < 4.78 is 10.7. The lowest BCUT2D eigenvalue weighted by Gasteiger charge is -2.22. The summed E-state index contributed by atoms with van der Waals surface area (Å²) in [7, 11) is 1.63. The fraction of sp³-hybridized carbons (Fsp3) is 0.474. The number of nitrogens with zero attached hydrogens (tertiary/aromatic N) is 2. The standard InChI is InChI=1S/C19H24N2O3/c1-13(2)16-12-18(24-20-16)17-8-5-9-21(17)19(22)11-14-6-4-7-15(10-14)23-3/h4,6-7,10,12-13,17H,5,8-9,11H2,1-3H3. The molecule has 1 aliphatic rings. The lowest BCUT2D eigenvalue weighted by molar-refractivity contribution is -0.131. The summed E-state index contributed by atoms with van der Waals surface area (Å²) in [6.45, 7) is 4.94. The molecule has 0 bridgehead atoms. The number of likely N-dealkylation sites (tertiary alicyclic amines) is 1. The van der Waals surface area contributed by atoms with Crippen LogP contribution in [0.1, 0.15) is 55.7 Å². The molecule has 0 aliphatic carbocycles. The summed E-state index contributed by atoms with van der Waals surface area (Å²) >= 11 is 0. The molecule has 2 heterocycles. The third-order valence-corrected chi connectivity index (χ3v) is 4.53. The van der Waals surface area contributed by atoms with E-state index in [1.807, 2.05) is 35.2 Å². The topological polar surface area (TPSA) is 55.6 Å². The van der Waals surface area contributed by atoms with E-state index in [2.05, 4.69) is 19.0 Å². The molecule has 3 rings (SSSR count). The van der Waals surface area contributed by atoms with Crippen LogP contribution in [0.15, 0.2) is 34.9 Å². The van der Waals surface area contributed by atoms with Crippen LogP contribution in [0.3, 0.4) is 0 Å². The van der Waals surface area contributed by atoms with Crippen molar-refractivity contribution in [3.8, 4) is 5.75 Å². The molecule has 1 unspecified atom stereocenters. The number of rotatable bonds is 5. The van der Waals surface area contributed by atoms with Crippen LogP contribution in [0.2, 0.25) is 0 Å². The van der Waals surface area contributed by atoms with Crippen LogP contribution in [-0.4, -0.2) is 29.6 Å². The normalized spacial score (nSPS) is 17.5. The summed E-state index contributed by atoms with van der Waals surface area (Å²) in [5, 5.41) is 4.13.